The van der Waals surface area contributed by atoms with E-state index in [0.29, 0.717) is 25.1 Å². The maximum Gasteiger partial charge on any atom is 0.317 e. The Balaban J connectivity index is 2.35. The molecule has 0 spiro atoms. The number of nitrogens with one attached hydrogen (secondary N) is 1. The average molecular weight is 257 g/mol. The lowest BCUT2D eigenvalue weighted by molar-refractivity contribution is 0.130. The molecule has 0 unspecified atom stereocenters. The molecule has 1 heterocycles. The predicted molar refractivity (Wildman–Crippen MR) is 72.7 cm³/mol. The molecular weight excluding hydrogens is 230 g/mol. The Morgan fingerprint density at radius 1 is 1.50 bits per heavy atom. The first-order valence-corrected chi connectivity index (χ1v) is 6.74. The van der Waals surface area contributed by atoms with E-state index in [1.165, 1.54) is 12.8 Å². The fourth-order valence-corrected chi connectivity index (χ4v) is 2.40. The van der Waals surface area contributed by atoms with Crippen LogP contribution in [-0.4, -0.2) is 69.3 Å². The molecular formula is C13H27N3O2. The van der Waals surface area contributed by atoms with Gasteiger partial charge in [-0.2, -0.15) is 0 Å². The Morgan fingerprint density at radius 3 is 2.67 bits per heavy atom. The fourth-order valence-electron chi connectivity index (χ4n) is 2.40. The molecule has 0 aromatic carbocycles. The van der Waals surface area contributed by atoms with Gasteiger partial charge in [-0.3, -0.25) is 0 Å². The molecule has 0 aromatic heterocycles. The van der Waals surface area contributed by atoms with Crippen LogP contribution in [0.2, 0.25) is 0 Å². The third-order valence-corrected chi connectivity index (χ3v) is 3.96. The summed E-state index contributed by atoms with van der Waals surface area (Å²) in [6, 6.07) is 0.291. The molecule has 1 rings (SSSR count). The number of piperidine rings is 1. The summed E-state index contributed by atoms with van der Waals surface area (Å²) in [6.45, 7) is 5.54. The zero-order valence-electron chi connectivity index (χ0n) is 12.1. The summed E-state index contributed by atoms with van der Waals surface area (Å²) in [5.74, 6) is 0.611. The third kappa shape index (κ3) is 4.46. The highest BCUT2D eigenvalue weighted by Gasteiger charge is 2.27. The van der Waals surface area contributed by atoms with Crippen molar-refractivity contribution in [3.8, 4) is 0 Å². The number of hydrogen-bond acceptors (Lipinski definition) is 3. The molecule has 0 aromatic rings. The van der Waals surface area contributed by atoms with Gasteiger partial charge in [0.1, 0.15) is 0 Å². The number of hydrogen-bond donors (Lipinski definition) is 1. The summed E-state index contributed by atoms with van der Waals surface area (Å²) in [5.41, 5.74) is 0. The number of rotatable bonds is 5. The lowest BCUT2D eigenvalue weighted by atomic mass is 9.90. The number of carbonyl (C=O) groups is 1. The normalized spacial score (nSPS) is 19.6. The number of carbonyl (C=O) groups excluding carboxylic acids is 1. The summed E-state index contributed by atoms with van der Waals surface area (Å²) >= 11 is 0. The van der Waals surface area contributed by atoms with Crippen LogP contribution in [0, 0.1) is 5.92 Å². The highest BCUT2D eigenvalue weighted by atomic mass is 16.5. The molecule has 18 heavy (non-hydrogen) atoms. The van der Waals surface area contributed by atoms with E-state index in [1.807, 2.05) is 11.9 Å². The molecule has 1 aliphatic heterocycles. The first-order valence-electron chi connectivity index (χ1n) is 6.74. The van der Waals surface area contributed by atoms with Crippen LogP contribution in [0.25, 0.3) is 0 Å². The Bertz CT molecular complexity index is 253. The molecule has 106 valence electrons. The molecule has 1 aliphatic rings. The highest BCUT2D eigenvalue weighted by molar-refractivity contribution is 5.74. The maximum atomic E-state index is 11.9. The third-order valence-electron chi connectivity index (χ3n) is 3.96. The summed E-state index contributed by atoms with van der Waals surface area (Å²) in [4.78, 5) is 16.1. The quantitative estimate of drug-likeness (QED) is 0.748. The van der Waals surface area contributed by atoms with E-state index >= 15 is 0 Å². The second-order valence-electron chi connectivity index (χ2n) is 5.22. The molecule has 0 bridgehead atoms. The topological polar surface area (TPSA) is 44.8 Å². The molecule has 1 N–H and O–H groups in total. The molecule has 0 aliphatic carbocycles. The minimum absolute atomic E-state index is 0.00141. The van der Waals surface area contributed by atoms with E-state index < -0.39 is 0 Å². The van der Waals surface area contributed by atoms with Crippen LogP contribution in [0.1, 0.15) is 19.8 Å². The Hall–Kier alpha value is -0.810. The van der Waals surface area contributed by atoms with Crippen molar-refractivity contribution in [1.82, 2.24) is 15.1 Å². The number of likely N-dealkylation sites (tertiary alicyclic amines) is 1. The van der Waals surface area contributed by atoms with Crippen molar-refractivity contribution in [3.05, 3.63) is 0 Å². The maximum absolute atomic E-state index is 11.9. The second-order valence-corrected chi connectivity index (χ2v) is 5.22. The average Bonchev–Trinajstić information content (AvgIpc) is 2.38. The minimum atomic E-state index is -0.00141. The van der Waals surface area contributed by atoms with Crippen molar-refractivity contribution >= 4 is 6.03 Å². The highest BCUT2D eigenvalue weighted by Crippen LogP contribution is 2.22. The van der Waals surface area contributed by atoms with Gasteiger partial charge in [0.15, 0.2) is 0 Å². The Morgan fingerprint density at radius 2 is 2.11 bits per heavy atom. The number of urea groups is 1. The Labute approximate surface area is 110 Å². The van der Waals surface area contributed by atoms with E-state index in [2.05, 4.69) is 24.2 Å². The van der Waals surface area contributed by atoms with E-state index in [9.17, 15) is 4.79 Å². The molecule has 0 radical (unpaired) electrons. The molecule has 5 nitrogen and oxygen atoms in total. The van der Waals surface area contributed by atoms with Crippen molar-refractivity contribution in [2.24, 2.45) is 5.92 Å². The van der Waals surface area contributed by atoms with Crippen LogP contribution in [-0.2, 0) is 4.74 Å². The van der Waals surface area contributed by atoms with Gasteiger partial charge in [-0.1, -0.05) is 0 Å². The van der Waals surface area contributed by atoms with Gasteiger partial charge >= 0.3 is 6.03 Å². The van der Waals surface area contributed by atoms with Gasteiger partial charge in [0.25, 0.3) is 0 Å². The zero-order valence-corrected chi connectivity index (χ0v) is 12.1. The van der Waals surface area contributed by atoms with E-state index in [1.54, 1.807) is 7.11 Å². The number of methoxy groups -OCH3 is 1. The van der Waals surface area contributed by atoms with Gasteiger partial charge in [-0.15, -0.1) is 0 Å². The first kappa shape index (κ1) is 15.2. The first-order chi connectivity index (χ1) is 8.56. The van der Waals surface area contributed by atoms with Crippen molar-refractivity contribution in [2.45, 2.75) is 25.8 Å². The number of nitrogens with zero attached hydrogens (tertiary/aromatic N) is 2. The monoisotopic (exact) mass is 257 g/mol. The lowest BCUT2D eigenvalue weighted by Gasteiger charge is -2.37. The van der Waals surface area contributed by atoms with Gasteiger partial charge in [0, 0.05) is 26.7 Å². The van der Waals surface area contributed by atoms with Crippen molar-refractivity contribution in [3.63, 3.8) is 0 Å². The standard InChI is InChI=1S/C13H27N3O2/c1-11(12-5-8-15(2)9-6-12)16(3)13(17)14-7-10-18-4/h11-12H,5-10H2,1-4H3,(H,14,17)/t11-/m1/s1. The van der Waals surface area contributed by atoms with Gasteiger partial charge in [0.05, 0.1) is 6.61 Å². The van der Waals surface area contributed by atoms with E-state index in [4.69, 9.17) is 4.74 Å². The van der Waals surface area contributed by atoms with Gasteiger partial charge in [-0.05, 0) is 45.8 Å². The van der Waals surface area contributed by atoms with Crippen LogP contribution in [0.3, 0.4) is 0 Å². The van der Waals surface area contributed by atoms with Crippen molar-refractivity contribution in [2.75, 3.05) is 47.4 Å². The van der Waals surface area contributed by atoms with Gasteiger partial charge < -0.3 is 19.9 Å². The zero-order chi connectivity index (χ0) is 13.5. The molecule has 1 atom stereocenters. The number of ether oxygens (including phenoxy) is 1. The molecule has 1 fully saturated rings. The van der Waals surface area contributed by atoms with Crippen LogP contribution in [0.15, 0.2) is 0 Å². The SMILES string of the molecule is COCCNC(=O)N(C)[C@H](C)C1CCN(C)CC1. The lowest BCUT2D eigenvalue weighted by Crippen LogP contribution is -2.48. The van der Waals surface area contributed by atoms with Crippen LogP contribution < -0.4 is 5.32 Å². The van der Waals surface area contributed by atoms with Crippen molar-refractivity contribution < 1.29 is 9.53 Å². The molecule has 0 saturated carbocycles. The largest absolute Gasteiger partial charge is 0.383 e. The van der Waals surface area contributed by atoms with Gasteiger partial charge in [0.2, 0.25) is 0 Å². The second kappa shape index (κ2) is 7.59. The van der Waals surface area contributed by atoms with E-state index in [0.717, 1.165) is 13.1 Å². The summed E-state index contributed by atoms with van der Waals surface area (Å²) < 4.78 is 4.92. The van der Waals surface area contributed by atoms with E-state index in [-0.39, 0.29) is 6.03 Å². The summed E-state index contributed by atoms with van der Waals surface area (Å²) in [5, 5.41) is 2.86. The van der Waals surface area contributed by atoms with Crippen LogP contribution in [0.5, 0.6) is 0 Å². The summed E-state index contributed by atoms with van der Waals surface area (Å²) in [7, 11) is 5.67. The smallest absolute Gasteiger partial charge is 0.317 e. The fraction of sp³-hybridized carbons (Fsp3) is 0.923. The van der Waals surface area contributed by atoms with Crippen LogP contribution >= 0.6 is 0 Å². The predicted octanol–water partition coefficient (Wildman–Crippen LogP) is 1.00. The summed E-state index contributed by atoms with van der Waals surface area (Å²) in [6.07, 6.45) is 2.35. The van der Waals surface area contributed by atoms with Crippen LogP contribution in [0.4, 0.5) is 4.79 Å². The number of amides is 2. The molecule has 1 saturated heterocycles. The minimum Gasteiger partial charge on any atom is -0.383 e. The van der Waals surface area contributed by atoms with Crippen molar-refractivity contribution in [1.29, 1.82) is 0 Å². The molecule has 2 amide bonds. The van der Waals surface area contributed by atoms with Gasteiger partial charge in [-0.25, -0.2) is 4.79 Å². The molecule has 5 heteroatoms. The Kier molecular flexibility index (Phi) is 6.43.